The van der Waals surface area contributed by atoms with Gasteiger partial charge in [0.15, 0.2) is 0 Å². The van der Waals surface area contributed by atoms with E-state index in [1.165, 1.54) is 103 Å². The van der Waals surface area contributed by atoms with Gasteiger partial charge in [-0.1, -0.05) is 117 Å². The zero-order chi connectivity index (χ0) is 17.8. The van der Waals surface area contributed by atoms with Gasteiger partial charge in [0.1, 0.15) is 0 Å². The Hall–Kier alpha value is 0.870. The van der Waals surface area contributed by atoms with Crippen LogP contribution in [0.1, 0.15) is 118 Å². The molecule has 0 aliphatic carbocycles. The Balaban J connectivity index is -0.000000276. The monoisotopic (exact) mass is 376 g/mol. The molecule has 0 saturated carbocycles. The van der Waals surface area contributed by atoms with Gasteiger partial charge in [0, 0.05) is 0 Å². The van der Waals surface area contributed by atoms with E-state index in [2.05, 4.69) is 13.8 Å². The molecule has 0 fully saturated rings. The molecule has 2 N–H and O–H groups in total. The van der Waals surface area contributed by atoms with Crippen molar-refractivity contribution in [2.45, 2.75) is 117 Å². The summed E-state index contributed by atoms with van der Waals surface area (Å²) >= 11 is 0. The van der Waals surface area contributed by atoms with Gasteiger partial charge in [0.25, 0.3) is 0 Å². The molecular weight excluding hydrogens is 335 g/mol. The summed E-state index contributed by atoms with van der Waals surface area (Å²) in [6.07, 6.45) is 23.4. The largest absolute Gasteiger partial charge is 1.00 e. The SMILES string of the molecule is CCCCCCCCCCCCCCCCCC.O=S(=O)(O)O.[H-].[Na+]. The third kappa shape index (κ3) is 43.4. The molecule has 144 valence electrons. The van der Waals surface area contributed by atoms with E-state index in [-0.39, 0.29) is 31.0 Å². The molecule has 0 aliphatic heterocycles. The van der Waals surface area contributed by atoms with Gasteiger partial charge in [-0.25, -0.2) is 0 Å². The third-order valence-electron chi connectivity index (χ3n) is 3.96. The van der Waals surface area contributed by atoms with Crippen LogP contribution >= 0.6 is 0 Å². The van der Waals surface area contributed by atoms with Crippen LogP contribution in [-0.2, 0) is 10.4 Å². The summed E-state index contributed by atoms with van der Waals surface area (Å²) in [5, 5.41) is 0. The van der Waals surface area contributed by atoms with Crippen molar-refractivity contribution in [3.63, 3.8) is 0 Å². The molecule has 0 unspecified atom stereocenters. The number of hydrogen-bond acceptors (Lipinski definition) is 2. The zero-order valence-corrected chi connectivity index (χ0v) is 19.2. The molecule has 0 aromatic heterocycles. The fraction of sp³-hybridized carbons (Fsp3) is 1.00. The Labute approximate surface area is 174 Å². The molecule has 0 rings (SSSR count). The van der Waals surface area contributed by atoms with E-state index < -0.39 is 10.4 Å². The van der Waals surface area contributed by atoms with Crippen molar-refractivity contribution in [3.05, 3.63) is 0 Å². The van der Waals surface area contributed by atoms with Crippen LogP contribution in [0.3, 0.4) is 0 Å². The van der Waals surface area contributed by atoms with Crippen LogP contribution in [0, 0.1) is 0 Å². The summed E-state index contributed by atoms with van der Waals surface area (Å²) in [5.41, 5.74) is 0. The first-order valence-corrected chi connectivity index (χ1v) is 11.0. The minimum atomic E-state index is -4.67. The Morgan fingerprint density at radius 3 is 0.792 bits per heavy atom. The minimum absolute atomic E-state index is 0. The van der Waals surface area contributed by atoms with Crippen LogP contribution < -0.4 is 29.6 Å². The van der Waals surface area contributed by atoms with Gasteiger partial charge in [-0.05, 0) is 0 Å². The predicted octanol–water partition coefficient (Wildman–Crippen LogP) is 3.73. The van der Waals surface area contributed by atoms with E-state index in [1.807, 2.05) is 0 Å². The fourth-order valence-corrected chi connectivity index (χ4v) is 2.62. The summed E-state index contributed by atoms with van der Waals surface area (Å²) < 4.78 is 31.6. The van der Waals surface area contributed by atoms with E-state index in [0.717, 1.165) is 0 Å². The van der Waals surface area contributed by atoms with E-state index in [4.69, 9.17) is 17.5 Å². The molecule has 0 aliphatic rings. The second-order valence-corrected chi connectivity index (χ2v) is 7.29. The van der Waals surface area contributed by atoms with Gasteiger partial charge in [-0.15, -0.1) is 0 Å². The number of rotatable bonds is 15. The second kappa shape index (κ2) is 23.9. The van der Waals surface area contributed by atoms with E-state index in [9.17, 15) is 0 Å². The van der Waals surface area contributed by atoms with Crippen molar-refractivity contribution < 1.29 is 48.5 Å². The van der Waals surface area contributed by atoms with Gasteiger partial charge in [0.2, 0.25) is 0 Å². The fourth-order valence-electron chi connectivity index (χ4n) is 2.62. The van der Waals surface area contributed by atoms with Crippen molar-refractivity contribution >= 4 is 10.4 Å². The van der Waals surface area contributed by atoms with Gasteiger partial charge in [-0.3, -0.25) is 9.11 Å². The second-order valence-electron chi connectivity index (χ2n) is 6.40. The first-order chi connectivity index (χ1) is 10.9. The molecule has 24 heavy (non-hydrogen) atoms. The van der Waals surface area contributed by atoms with Gasteiger partial charge in [0.05, 0.1) is 0 Å². The predicted molar refractivity (Wildman–Crippen MR) is 101 cm³/mol. The number of hydrogen-bond donors (Lipinski definition) is 2. The Bertz CT molecular complexity index is 290. The summed E-state index contributed by atoms with van der Waals surface area (Å²) in [6, 6.07) is 0. The Kier molecular flexibility index (Phi) is 29.5. The topological polar surface area (TPSA) is 74.6 Å². The van der Waals surface area contributed by atoms with Crippen molar-refractivity contribution in [1.82, 2.24) is 0 Å². The summed E-state index contributed by atoms with van der Waals surface area (Å²) in [5.74, 6) is 0. The zero-order valence-electron chi connectivity index (χ0n) is 17.4. The molecular formula is C18H41NaO4S. The molecule has 0 radical (unpaired) electrons. The summed E-state index contributed by atoms with van der Waals surface area (Å²) in [7, 11) is -4.67. The van der Waals surface area contributed by atoms with Crippen LogP contribution in [0.5, 0.6) is 0 Å². The molecule has 0 spiro atoms. The minimum Gasteiger partial charge on any atom is -1.00 e. The average Bonchev–Trinajstić information content (AvgIpc) is 2.46. The van der Waals surface area contributed by atoms with Crippen molar-refractivity contribution in [2.75, 3.05) is 0 Å². The van der Waals surface area contributed by atoms with Gasteiger partial charge in [-0.2, -0.15) is 8.42 Å². The molecule has 6 heteroatoms. The van der Waals surface area contributed by atoms with E-state index in [0.29, 0.717) is 0 Å². The molecule has 0 aromatic rings. The van der Waals surface area contributed by atoms with Gasteiger partial charge < -0.3 is 1.43 Å². The van der Waals surface area contributed by atoms with Crippen molar-refractivity contribution in [2.24, 2.45) is 0 Å². The summed E-state index contributed by atoms with van der Waals surface area (Å²) in [4.78, 5) is 0. The maximum absolute atomic E-state index is 8.74. The van der Waals surface area contributed by atoms with E-state index in [1.54, 1.807) is 0 Å². The quantitative estimate of drug-likeness (QED) is 0.259. The average molecular weight is 377 g/mol. The van der Waals surface area contributed by atoms with Crippen molar-refractivity contribution in [3.8, 4) is 0 Å². The Morgan fingerprint density at radius 2 is 0.667 bits per heavy atom. The molecule has 0 atom stereocenters. The van der Waals surface area contributed by atoms with Crippen LogP contribution in [0.4, 0.5) is 0 Å². The summed E-state index contributed by atoms with van der Waals surface area (Å²) in [6.45, 7) is 4.59. The molecule has 0 saturated heterocycles. The maximum atomic E-state index is 8.74. The van der Waals surface area contributed by atoms with E-state index >= 15 is 0 Å². The molecule has 0 amide bonds. The van der Waals surface area contributed by atoms with Gasteiger partial charge >= 0.3 is 40.0 Å². The van der Waals surface area contributed by atoms with Crippen molar-refractivity contribution in [1.29, 1.82) is 0 Å². The standard InChI is InChI=1S/C18H38.Na.H2O4S.H/c1-3-5-7-9-11-13-15-17-18-16-14-12-10-8-6-4-2;;1-5(2,3)4;/h3-18H2,1-2H3;;(H2,1,2,3,4);/q;+1;;-1. The Morgan fingerprint density at radius 1 is 0.542 bits per heavy atom. The molecule has 0 aromatic carbocycles. The van der Waals surface area contributed by atoms with Crippen LogP contribution in [-0.4, -0.2) is 17.5 Å². The molecule has 0 bridgehead atoms. The third-order valence-corrected chi connectivity index (χ3v) is 3.96. The van der Waals surface area contributed by atoms with Crippen LogP contribution in [0.2, 0.25) is 0 Å². The molecule has 4 nitrogen and oxygen atoms in total. The molecule has 0 heterocycles. The van der Waals surface area contributed by atoms with Crippen LogP contribution in [0.15, 0.2) is 0 Å². The number of unbranched alkanes of at least 4 members (excludes halogenated alkanes) is 15. The first-order valence-electron chi connectivity index (χ1n) is 9.61. The smallest absolute Gasteiger partial charge is 1.00 e. The first kappa shape index (κ1) is 29.6. The van der Waals surface area contributed by atoms with Crippen LogP contribution in [0.25, 0.3) is 0 Å². The maximum Gasteiger partial charge on any atom is 1.00 e. The normalized spacial score (nSPS) is 10.7.